The second-order valence-corrected chi connectivity index (χ2v) is 9.67. The molecule has 4 aromatic rings. The highest BCUT2D eigenvalue weighted by Crippen LogP contribution is 2.36. The van der Waals surface area contributed by atoms with Crippen LogP contribution in [-0.2, 0) is 9.53 Å². The summed E-state index contributed by atoms with van der Waals surface area (Å²) < 4.78 is 19.1. The second kappa shape index (κ2) is 10.7. The topological polar surface area (TPSA) is 94.9 Å². The molecule has 0 unspecified atom stereocenters. The number of hydrogen-bond donors (Lipinski definition) is 1. The minimum Gasteiger partial charge on any atom is -0.490 e. The first-order valence-corrected chi connectivity index (χ1v) is 13.4. The Morgan fingerprint density at radius 1 is 1.08 bits per heavy atom. The number of esters is 1. The van der Waals surface area contributed by atoms with Gasteiger partial charge in [0.2, 0.25) is 0 Å². The highest BCUT2D eigenvalue weighted by Gasteiger charge is 2.34. The molecule has 1 aliphatic heterocycles. The number of carbonyl (C=O) groups excluding carboxylic acids is 1. The van der Waals surface area contributed by atoms with Crippen molar-refractivity contribution in [1.29, 1.82) is 0 Å². The number of nitrogens with one attached hydrogen (secondary N) is 1. The summed E-state index contributed by atoms with van der Waals surface area (Å²) in [5.74, 6) is 0.644. The van der Waals surface area contributed by atoms with E-state index in [9.17, 15) is 9.59 Å². The van der Waals surface area contributed by atoms with E-state index in [0.29, 0.717) is 50.9 Å². The number of carbonyl (C=O) groups is 1. The van der Waals surface area contributed by atoms with Crippen LogP contribution in [0.15, 0.2) is 69.7 Å². The second-order valence-electron chi connectivity index (χ2n) is 8.66. The number of nitrogens with zero attached hydrogens (tertiary/aromatic N) is 2. The highest BCUT2D eigenvalue weighted by atomic mass is 32.1. The summed E-state index contributed by atoms with van der Waals surface area (Å²) in [6.45, 7) is 8.45. The first kappa shape index (κ1) is 25.5. The van der Waals surface area contributed by atoms with E-state index < -0.39 is 12.0 Å². The minimum atomic E-state index is -0.731. The normalized spacial score (nSPS) is 15.4. The lowest BCUT2D eigenvalue weighted by molar-refractivity contribution is -0.139. The Bertz CT molecular complexity index is 1730. The van der Waals surface area contributed by atoms with E-state index in [2.05, 4.69) is 9.98 Å². The molecular weight excluding hydrogens is 502 g/mol. The Kier molecular flexibility index (Phi) is 7.20. The van der Waals surface area contributed by atoms with Crippen LogP contribution in [0.25, 0.3) is 17.0 Å². The quantitative estimate of drug-likeness (QED) is 0.346. The van der Waals surface area contributed by atoms with Crippen molar-refractivity contribution < 1.29 is 19.0 Å². The van der Waals surface area contributed by atoms with Gasteiger partial charge in [-0.1, -0.05) is 35.6 Å². The molecule has 0 bridgehead atoms. The molecule has 2 aromatic carbocycles. The molecule has 0 fully saturated rings. The molecule has 8 nitrogen and oxygen atoms in total. The summed E-state index contributed by atoms with van der Waals surface area (Å²) in [6, 6.07) is 12.7. The van der Waals surface area contributed by atoms with Gasteiger partial charge in [0.05, 0.1) is 41.7 Å². The molecule has 0 saturated heterocycles. The van der Waals surface area contributed by atoms with Crippen molar-refractivity contribution in [2.75, 3.05) is 19.8 Å². The molecule has 0 aliphatic carbocycles. The number of ether oxygens (including phenoxy) is 3. The number of benzene rings is 2. The van der Waals surface area contributed by atoms with E-state index in [1.54, 1.807) is 18.4 Å². The van der Waals surface area contributed by atoms with E-state index in [4.69, 9.17) is 14.2 Å². The lowest BCUT2D eigenvalue weighted by atomic mass is 9.95. The van der Waals surface area contributed by atoms with Crippen molar-refractivity contribution >= 4 is 34.3 Å². The number of H-pyrrole nitrogens is 1. The smallest absolute Gasteiger partial charge is 0.338 e. The van der Waals surface area contributed by atoms with Crippen molar-refractivity contribution in [3.8, 4) is 11.5 Å². The van der Waals surface area contributed by atoms with Gasteiger partial charge in [-0.15, -0.1) is 0 Å². The molecule has 0 amide bonds. The SMILES string of the molecule is CCOC(=O)C1=C(C)N=c2s/c(=C\c3c[nH]c4ccccc34)c(=O)n2[C@@H]1c1ccc(OCC)c(OCC)c1. The summed E-state index contributed by atoms with van der Waals surface area (Å²) in [5, 5.41) is 1.02. The first-order chi connectivity index (χ1) is 18.5. The third-order valence-electron chi connectivity index (χ3n) is 6.31. The zero-order valence-corrected chi connectivity index (χ0v) is 22.6. The molecule has 0 spiro atoms. The van der Waals surface area contributed by atoms with Gasteiger partial charge in [-0.3, -0.25) is 9.36 Å². The van der Waals surface area contributed by atoms with Gasteiger partial charge >= 0.3 is 5.97 Å². The minimum absolute atomic E-state index is 0.209. The van der Waals surface area contributed by atoms with Crippen molar-refractivity contribution in [1.82, 2.24) is 9.55 Å². The summed E-state index contributed by atoms with van der Waals surface area (Å²) in [7, 11) is 0. The molecule has 38 heavy (non-hydrogen) atoms. The number of thiazole rings is 1. The third-order valence-corrected chi connectivity index (χ3v) is 7.29. The average molecular weight is 532 g/mol. The Hall–Kier alpha value is -4.11. The summed E-state index contributed by atoms with van der Waals surface area (Å²) in [5.41, 5.74) is 3.20. The molecule has 196 valence electrons. The number of aromatic nitrogens is 2. The number of allylic oxidation sites excluding steroid dienone is 1. The molecule has 0 saturated carbocycles. The number of aromatic amines is 1. The fraction of sp³-hybridized carbons (Fsp3) is 0.276. The van der Waals surface area contributed by atoms with Crippen LogP contribution in [0.5, 0.6) is 11.5 Å². The van der Waals surface area contributed by atoms with Crippen LogP contribution in [0.1, 0.15) is 44.9 Å². The van der Waals surface area contributed by atoms with Crippen molar-refractivity contribution in [2.45, 2.75) is 33.7 Å². The molecular formula is C29H29N3O5S. The van der Waals surface area contributed by atoms with Crippen LogP contribution in [0, 0.1) is 0 Å². The van der Waals surface area contributed by atoms with E-state index in [1.165, 1.54) is 11.3 Å². The van der Waals surface area contributed by atoms with Crippen molar-refractivity contribution in [2.24, 2.45) is 4.99 Å². The Morgan fingerprint density at radius 2 is 1.84 bits per heavy atom. The maximum Gasteiger partial charge on any atom is 0.338 e. The monoisotopic (exact) mass is 531 g/mol. The molecule has 2 aromatic heterocycles. The van der Waals surface area contributed by atoms with Gasteiger partial charge in [0.25, 0.3) is 5.56 Å². The van der Waals surface area contributed by atoms with Crippen LogP contribution in [-0.4, -0.2) is 35.3 Å². The van der Waals surface area contributed by atoms with E-state index >= 15 is 0 Å². The Morgan fingerprint density at radius 3 is 2.61 bits per heavy atom. The van der Waals surface area contributed by atoms with Crippen molar-refractivity contribution in [3.63, 3.8) is 0 Å². The lowest BCUT2D eigenvalue weighted by Crippen LogP contribution is -2.40. The van der Waals surface area contributed by atoms with Crippen LogP contribution >= 0.6 is 11.3 Å². The van der Waals surface area contributed by atoms with Crippen LogP contribution in [0.2, 0.25) is 0 Å². The van der Waals surface area contributed by atoms with Crippen molar-refractivity contribution in [3.05, 3.63) is 90.7 Å². The van der Waals surface area contributed by atoms with Gasteiger partial charge in [-0.05, 0) is 57.5 Å². The average Bonchev–Trinajstić information content (AvgIpc) is 3.45. The number of rotatable bonds is 8. The highest BCUT2D eigenvalue weighted by molar-refractivity contribution is 7.07. The molecule has 5 rings (SSSR count). The number of fused-ring (bicyclic) bond motifs is 2. The van der Waals surface area contributed by atoms with E-state index in [-0.39, 0.29) is 12.2 Å². The maximum absolute atomic E-state index is 13.9. The standard InChI is InChI=1S/C29H29N3O5S/c1-5-35-22-13-12-18(14-23(22)36-6-2)26-25(28(34)37-7-3)17(4)31-29-32(26)27(33)24(38-29)15-19-16-30-21-11-9-8-10-20(19)21/h8-16,26,30H,5-7H2,1-4H3/b24-15-/t26-/m1/s1. The number of hydrogen-bond acceptors (Lipinski definition) is 7. The van der Waals surface area contributed by atoms with E-state index in [0.717, 1.165) is 16.5 Å². The molecule has 3 heterocycles. The van der Waals surface area contributed by atoms with Gasteiger partial charge < -0.3 is 19.2 Å². The summed E-state index contributed by atoms with van der Waals surface area (Å²) in [6.07, 6.45) is 3.75. The molecule has 1 atom stereocenters. The third kappa shape index (κ3) is 4.54. The van der Waals surface area contributed by atoms with Gasteiger partial charge in [-0.2, -0.15) is 0 Å². The Labute approximate surface area is 223 Å². The largest absolute Gasteiger partial charge is 0.490 e. The fourth-order valence-corrected chi connectivity index (χ4v) is 5.74. The van der Waals surface area contributed by atoms with Crippen LogP contribution in [0.3, 0.4) is 0 Å². The summed E-state index contributed by atoms with van der Waals surface area (Å²) in [4.78, 5) is 35.5. The molecule has 0 radical (unpaired) electrons. The van der Waals surface area contributed by atoms with Gasteiger partial charge in [0.15, 0.2) is 16.3 Å². The zero-order valence-electron chi connectivity index (χ0n) is 21.7. The lowest BCUT2D eigenvalue weighted by Gasteiger charge is -2.25. The molecule has 1 aliphatic rings. The summed E-state index contributed by atoms with van der Waals surface area (Å²) >= 11 is 1.30. The maximum atomic E-state index is 13.9. The predicted molar refractivity (Wildman–Crippen MR) is 147 cm³/mol. The number of para-hydroxylation sites is 1. The first-order valence-electron chi connectivity index (χ1n) is 12.6. The molecule has 1 N–H and O–H groups in total. The van der Waals surface area contributed by atoms with E-state index in [1.807, 2.05) is 68.6 Å². The van der Waals surface area contributed by atoms with Crippen LogP contribution < -0.4 is 24.4 Å². The van der Waals surface area contributed by atoms with Gasteiger partial charge in [0.1, 0.15) is 0 Å². The van der Waals surface area contributed by atoms with Crippen LogP contribution in [0.4, 0.5) is 0 Å². The fourth-order valence-electron chi connectivity index (χ4n) is 4.70. The van der Waals surface area contributed by atoms with Gasteiger partial charge in [0, 0.05) is 22.7 Å². The predicted octanol–water partition coefficient (Wildman–Crippen LogP) is 4.08. The zero-order chi connectivity index (χ0) is 26.8. The molecule has 9 heteroatoms. The Balaban J connectivity index is 1.73. The van der Waals surface area contributed by atoms with Gasteiger partial charge in [-0.25, -0.2) is 9.79 Å².